The van der Waals surface area contributed by atoms with Crippen LogP contribution in [0.1, 0.15) is 51.4 Å². The lowest BCUT2D eigenvalue weighted by Crippen LogP contribution is -2.70. The van der Waals surface area contributed by atoms with Crippen LogP contribution in [0.4, 0.5) is 4.39 Å². The first kappa shape index (κ1) is 36.5. The van der Waals surface area contributed by atoms with E-state index in [1.54, 1.807) is 44.7 Å². The van der Waals surface area contributed by atoms with E-state index < -0.39 is 22.8 Å². The summed E-state index contributed by atoms with van der Waals surface area (Å²) in [7, 11) is 3.39. The highest BCUT2D eigenvalue weighted by molar-refractivity contribution is 6.03. The summed E-state index contributed by atoms with van der Waals surface area (Å²) in [6.45, 7) is 0.900. The van der Waals surface area contributed by atoms with Crippen LogP contribution in [0, 0.1) is 5.82 Å². The lowest BCUT2D eigenvalue weighted by molar-refractivity contribution is -0.135. The number of hydrogen-bond donors (Lipinski definition) is 2. The third-order valence-electron chi connectivity index (χ3n) is 11.2. The first-order valence-corrected chi connectivity index (χ1v) is 18.9. The molecule has 7 aromatic rings. The zero-order chi connectivity index (χ0) is 38.7. The van der Waals surface area contributed by atoms with Gasteiger partial charge in [-0.25, -0.2) is 4.39 Å². The van der Waals surface area contributed by atoms with Crippen LogP contribution >= 0.6 is 0 Å². The number of likely N-dealkylation sites (N-methyl/N-ethyl adjacent to an activating group) is 1. The number of aromatic nitrogens is 3. The highest BCUT2D eigenvalue weighted by Gasteiger charge is 2.60. The fourth-order valence-electron chi connectivity index (χ4n) is 8.72. The number of piperidine rings is 1. The van der Waals surface area contributed by atoms with E-state index in [2.05, 4.69) is 20.5 Å². The van der Waals surface area contributed by atoms with Crippen molar-refractivity contribution in [2.24, 2.45) is 0 Å². The molecule has 0 bridgehead atoms. The number of amides is 2. The molecule has 280 valence electrons. The van der Waals surface area contributed by atoms with Gasteiger partial charge in [0.2, 0.25) is 5.91 Å². The number of benzene rings is 5. The molecule has 0 aliphatic carbocycles. The molecule has 2 amide bonds. The first-order valence-electron chi connectivity index (χ1n) is 18.9. The second-order valence-corrected chi connectivity index (χ2v) is 14.6. The molecule has 1 saturated heterocycles. The minimum absolute atomic E-state index is 0.224. The van der Waals surface area contributed by atoms with Gasteiger partial charge >= 0.3 is 0 Å². The summed E-state index contributed by atoms with van der Waals surface area (Å²) in [5.41, 5.74) is 2.76. The second-order valence-electron chi connectivity index (χ2n) is 14.6. The van der Waals surface area contributed by atoms with Crippen molar-refractivity contribution in [2.75, 3.05) is 27.2 Å². The van der Waals surface area contributed by atoms with Crippen LogP contribution in [-0.4, -0.2) is 69.5 Å². The third-order valence-corrected chi connectivity index (χ3v) is 11.2. The molecule has 2 aromatic heterocycles. The van der Waals surface area contributed by atoms with Crippen LogP contribution in [0.2, 0.25) is 0 Å². The number of nitrogens with one attached hydrogen (secondary N) is 2. The smallest absolute Gasteiger partial charge is 0.255 e. The van der Waals surface area contributed by atoms with E-state index in [0.29, 0.717) is 30.6 Å². The van der Waals surface area contributed by atoms with Gasteiger partial charge in [0.05, 0.1) is 17.0 Å². The lowest BCUT2D eigenvalue weighted by Gasteiger charge is -2.59. The summed E-state index contributed by atoms with van der Waals surface area (Å²) in [4.78, 5) is 39.1. The van der Waals surface area contributed by atoms with Crippen LogP contribution in [-0.2, 0) is 10.3 Å². The number of halogens is 1. The summed E-state index contributed by atoms with van der Waals surface area (Å²) in [5.74, 6) is -2.22. The van der Waals surface area contributed by atoms with Crippen molar-refractivity contribution in [3.8, 4) is 11.3 Å². The predicted molar refractivity (Wildman–Crippen MR) is 217 cm³/mol. The fourth-order valence-corrected chi connectivity index (χ4v) is 8.72. The van der Waals surface area contributed by atoms with Gasteiger partial charge in [-0.3, -0.25) is 19.7 Å². The van der Waals surface area contributed by atoms with E-state index in [1.807, 2.05) is 126 Å². The Morgan fingerprint density at radius 1 is 0.768 bits per heavy atom. The highest BCUT2D eigenvalue weighted by Crippen LogP contribution is 2.52. The molecule has 3 heterocycles. The summed E-state index contributed by atoms with van der Waals surface area (Å²) >= 11 is 0. The maximum Gasteiger partial charge on any atom is 0.255 e. The predicted octanol–water partition coefficient (Wildman–Crippen LogP) is 8.19. The molecule has 1 aliphatic rings. The average Bonchev–Trinajstić information content (AvgIpc) is 3.68. The number of nitrogens with zero attached hydrogens (tertiary/aromatic N) is 4. The minimum Gasteiger partial charge on any atom is -0.348 e. The van der Waals surface area contributed by atoms with E-state index in [9.17, 15) is 0 Å². The monoisotopic (exact) mass is 742 g/mol. The molecular weight excluding hydrogens is 700 g/mol. The topological polar surface area (TPSA) is 94.2 Å². The maximum absolute atomic E-state index is 16.5. The van der Waals surface area contributed by atoms with Crippen molar-refractivity contribution in [1.29, 1.82) is 0 Å². The fraction of sp³-hybridized carbons (Fsp3) is 0.191. The molecule has 1 unspecified atom stereocenters. The summed E-state index contributed by atoms with van der Waals surface area (Å²) in [6, 6.07) is 45.8. The summed E-state index contributed by atoms with van der Waals surface area (Å²) in [5, 5.41) is 12.1. The Morgan fingerprint density at radius 2 is 1.36 bits per heavy atom. The SMILES string of the molecule is CN(C)C(=O)C(c1ccccc1F)[C@]1(N(C(=O)c2ccc3[nH]nc(-c4ccncc4)c3c2)C(c2ccccc2)(c2ccccc2)c2ccccc2)CCCNC1. The van der Waals surface area contributed by atoms with Crippen LogP contribution < -0.4 is 5.32 Å². The first-order chi connectivity index (χ1) is 27.4. The van der Waals surface area contributed by atoms with Gasteiger partial charge in [0.25, 0.3) is 5.91 Å². The van der Waals surface area contributed by atoms with Crippen molar-refractivity contribution in [1.82, 2.24) is 30.3 Å². The molecule has 1 aliphatic heterocycles. The quantitative estimate of drug-likeness (QED) is 0.138. The number of carbonyl (C=O) groups excluding carboxylic acids is 2. The normalized spacial score (nSPS) is 16.3. The molecule has 2 atom stereocenters. The van der Waals surface area contributed by atoms with Gasteiger partial charge in [-0.15, -0.1) is 0 Å². The molecule has 0 saturated carbocycles. The molecule has 5 aromatic carbocycles. The van der Waals surface area contributed by atoms with Gasteiger partial charge in [0.15, 0.2) is 0 Å². The Balaban J connectivity index is 1.52. The van der Waals surface area contributed by atoms with Crippen molar-refractivity contribution in [2.45, 2.75) is 29.8 Å². The summed E-state index contributed by atoms with van der Waals surface area (Å²) in [6.07, 6.45) is 4.47. The third kappa shape index (κ3) is 6.24. The average molecular weight is 743 g/mol. The molecule has 9 heteroatoms. The van der Waals surface area contributed by atoms with Crippen molar-refractivity contribution >= 4 is 22.7 Å². The molecule has 8 nitrogen and oxygen atoms in total. The Hall–Kier alpha value is -6.45. The van der Waals surface area contributed by atoms with Crippen LogP contribution in [0.25, 0.3) is 22.2 Å². The van der Waals surface area contributed by atoms with E-state index in [1.165, 1.54) is 11.0 Å². The van der Waals surface area contributed by atoms with Gasteiger partial charge in [-0.1, -0.05) is 109 Å². The van der Waals surface area contributed by atoms with E-state index >= 15 is 14.0 Å². The highest BCUT2D eigenvalue weighted by atomic mass is 19.1. The number of carbonyl (C=O) groups is 2. The second kappa shape index (κ2) is 15.4. The van der Waals surface area contributed by atoms with Gasteiger partial charge in [-0.2, -0.15) is 5.10 Å². The van der Waals surface area contributed by atoms with E-state index in [0.717, 1.165) is 33.2 Å². The Labute approximate surface area is 326 Å². The van der Waals surface area contributed by atoms with Gasteiger partial charge in [-0.05, 0) is 72.5 Å². The Bertz CT molecular complexity index is 2350. The van der Waals surface area contributed by atoms with Crippen LogP contribution in [0.3, 0.4) is 0 Å². The molecule has 56 heavy (non-hydrogen) atoms. The zero-order valence-electron chi connectivity index (χ0n) is 31.4. The zero-order valence-corrected chi connectivity index (χ0v) is 31.4. The van der Waals surface area contributed by atoms with Gasteiger partial charge in [0, 0.05) is 55.1 Å². The van der Waals surface area contributed by atoms with E-state index in [4.69, 9.17) is 0 Å². The Morgan fingerprint density at radius 3 is 1.91 bits per heavy atom. The standard InChI is InChI=1S/C47H43FN6O2/c1-53(2)45(56)42(38-21-12-13-22-40(38)48)46(27-14-28-50-32-46)54(44(55)34-23-24-41-39(31-34)43(52-51-41)33-25-29-49-30-26-33)47(35-15-6-3-7-16-35,36-17-8-4-9-18-36)37-19-10-5-11-20-37/h3-13,15-26,29-31,42,50H,14,27-28,32H2,1-2H3,(H,51,52)/t42?,46-/m0/s1. The van der Waals surface area contributed by atoms with Crippen LogP contribution in [0.5, 0.6) is 0 Å². The van der Waals surface area contributed by atoms with Gasteiger partial charge < -0.3 is 15.1 Å². The number of H-pyrrole nitrogens is 1. The minimum atomic E-state index is -1.32. The molecule has 1 fully saturated rings. The van der Waals surface area contributed by atoms with Crippen molar-refractivity contribution in [3.63, 3.8) is 0 Å². The number of fused-ring (bicyclic) bond motifs is 1. The molecule has 8 rings (SSSR count). The van der Waals surface area contributed by atoms with Crippen molar-refractivity contribution in [3.05, 3.63) is 192 Å². The number of aromatic amines is 1. The number of rotatable bonds is 10. The molecular formula is C47H43FN6O2. The van der Waals surface area contributed by atoms with E-state index in [-0.39, 0.29) is 23.9 Å². The lowest BCUT2D eigenvalue weighted by atomic mass is 9.66. The summed E-state index contributed by atoms with van der Waals surface area (Å²) < 4.78 is 16.5. The molecule has 0 spiro atoms. The Kier molecular flexibility index (Phi) is 10.0. The largest absolute Gasteiger partial charge is 0.348 e. The molecule has 0 radical (unpaired) electrons. The maximum atomic E-state index is 16.5. The number of hydrogen-bond acceptors (Lipinski definition) is 5. The number of pyridine rings is 1. The van der Waals surface area contributed by atoms with Crippen molar-refractivity contribution < 1.29 is 14.0 Å². The van der Waals surface area contributed by atoms with Gasteiger partial charge in [0.1, 0.15) is 17.1 Å². The van der Waals surface area contributed by atoms with Crippen LogP contribution in [0.15, 0.2) is 158 Å². The molecule has 2 N–H and O–H groups in total.